The molecule has 2 N–H and O–H groups in total. The van der Waals surface area contributed by atoms with Crippen molar-refractivity contribution in [3.63, 3.8) is 0 Å². The highest BCUT2D eigenvalue weighted by molar-refractivity contribution is 8.32. The van der Waals surface area contributed by atoms with Crippen molar-refractivity contribution >= 4 is 33.5 Å². The average Bonchev–Trinajstić information content (AvgIpc) is 2.74. The highest BCUT2D eigenvalue weighted by Crippen LogP contribution is 2.48. The number of benzene rings is 1. The molecule has 1 saturated carbocycles. The Balaban J connectivity index is 1.65. The average molecular weight is 522 g/mol. The summed E-state index contributed by atoms with van der Waals surface area (Å²) in [5.41, 5.74) is 1.01. The van der Waals surface area contributed by atoms with Gasteiger partial charge in [-0.2, -0.15) is 0 Å². The van der Waals surface area contributed by atoms with Crippen LogP contribution in [0.5, 0.6) is 5.88 Å². The van der Waals surface area contributed by atoms with E-state index < -0.39 is 51.4 Å². The van der Waals surface area contributed by atoms with Gasteiger partial charge in [-0.25, -0.2) is 23.8 Å². The van der Waals surface area contributed by atoms with Crippen LogP contribution < -0.4 is 10.1 Å². The summed E-state index contributed by atoms with van der Waals surface area (Å²) in [5, 5.41) is 11.7. The van der Waals surface area contributed by atoms with Crippen LogP contribution >= 0.6 is 10.0 Å². The van der Waals surface area contributed by atoms with Crippen LogP contribution in [0.25, 0.3) is 0 Å². The Hall–Kier alpha value is -3.21. The van der Waals surface area contributed by atoms with Gasteiger partial charge in [0.15, 0.2) is 0 Å². The summed E-state index contributed by atoms with van der Waals surface area (Å²) in [5.74, 6) is -4.12. The first-order chi connectivity index (χ1) is 16.9. The van der Waals surface area contributed by atoms with E-state index in [4.69, 9.17) is 4.74 Å². The fraction of sp³-hybridized carbons (Fsp3) is 0.440. The number of aromatic nitrogens is 1. The summed E-state index contributed by atoms with van der Waals surface area (Å²) in [4.78, 5) is 43.8. The van der Waals surface area contributed by atoms with E-state index >= 15 is 0 Å². The number of aliphatic carboxylic acids is 1. The van der Waals surface area contributed by atoms with Crippen molar-refractivity contribution in [2.24, 2.45) is 11.8 Å². The Morgan fingerprint density at radius 3 is 2.31 bits per heavy atom. The molecule has 1 aromatic heterocycles. The molecule has 36 heavy (non-hydrogen) atoms. The maximum Gasteiger partial charge on any atom is 0.306 e. The number of carboxylic acids is 1. The van der Waals surface area contributed by atoms with Crippen LogP contribution in [0.1, 0.15) is 30.1 Å². The normalized spacial score (nSPS) is 21.7. The number of nitrogens with one attached hydrogen (secondary N) is 1. The van der Waals surface area contributed by atoms with E-state index in [2.05, 4.69) is 10.3 Å². The second kappa shape index (κ2) is 9.68. The Morgan fingerprint density at radius 2 is 1.75 bits per heavy atom. The predicted octanol–water partition coefficient (Wildman–Crippen LogP) is 3.60. The first-order valence-electron chi connectivity index (χ1n) is 11.5. The molecule has 0 bridgehead atoms. The van der Waals surface area contributed by atoms with Gasteiger partial charge in [0.05, 0.1) is 23.6 Å². The first kappa shape index (κ1) is 25.9. The van der Waals surface area contributed by atoms with Gasteiger partial charge in [-0.15, -0.1) is 0 Å². The zero-order valence-corrected chi connectivity index (χ0v) is 21.3. The van der Waals surface area contributed by atoms with Gasteiger partial charge in [0.2, 0.25) is 11.8 Å². The summed E-state index contributed by atoms with van der Waals surface area (Å²) in [6.07, 6.45) is 6.10. The Morgan fingerprint density at radius 1 is 1.11 bits per heavy atom. The molecule has 0 spiro atoms. The molecular weight excluding hydrogens is 492 g/mol. The van der Waals surface area contributed by atoms with Gasteiger partial charge in [0.1, 0.15) is 17.7 Å². The molecule has 0 saturated heterocycles. The number of amides is 2. The standard InChI is InChI=1S/C25H29F2N3O5S/c1-35-20-6-5-16-19(29-20)7-8-30(24(32)13-9-14(10-13)25(33)34)21(16)23(31)28-15-11-17(26)22(18(27)12-15)36(2,3)4/h5-6,11-14,21H,7-10H2,1-4H3,(H,28,31)(H,33,34)/t13-,14+,21-/m1/s1. The molecule has 1 aliphatic heterocycles. The number of pyridine rings is 1. The molecule has 1 aliphatic carbocycles. The van der Waals surface area contributed by atoms with E-state index in [1.54, 1.807) is 30.9 Å². The number of carbonyl (C=O) groups is 3. The molecule has 1 fully saturated rings. The molecule has 4 rings (SSSR count). The van der Waals surface area contributed by atoms with Crippen LogP contribution in [-0.4, -0.2) is 65.2 Å². The molecule has 2 aliphatic rings. The topological polar surface area (TPSA) is 109 Å². The number of nitrogens with zero attached hydrogens (tertiary/aromatic N) is 2. The van der Waals surface area contributed by atoms with Crippen LogP contribution in [-0.2, 0) is 20.8 Å². The largest absolute Gasteiger partial charge is 0.481 e. The van der Waals surface area contributed by atoms with E-state index in [0.29, 0.717) is 23.6 Å². The molecule has 0 radical (unpaired) electrons. The molecule has 8 nitrogen and oxygen atoms in total. The predicted molar refractivity (Wildman–Crippen MR) is 131 cm³/mol. The molecule has 1 atom stereocenters. The van der Waals surface area contributed by atoms with Gasteiger partial charge in [0, 0.05) is 36.2 Å². The molecule has 0 unspecified atom stereocenters. The van der Waals surface area contributed by atoms with Crippen LogP contribution in [0.3, 0.4) is 0 Å². The van der Waals surface area contributed by atoms with Crippen molar-refractivity contribution in [3.8, 4) is 5.88 Å². The highest BCUT2D eigenvalue weighted by Gasteiger charge is 2.45. The number of fused-ring (bicyclic) bond motifs is 1. The fourth-order valence-electron chi connectivity index (χ4n) is 4.78. The van der Waals surface area contributed by atoms with Crippen molar-refractivity contribution in [1.82, 2.24) is 9.88 Å². The maximum absolute atomic E-state index is 14.8. The first-order valence-corrected chi connectivity index (χ1v) is 14.3. The van der Waals surface area contributed by atoms with Crippen molar-refractivity contribution in [2.75, 3.05) is 37.7 Å². The lowest BCUT2D eigenvalue weighted by Crippen LogP contribution is -2.50. The third-order valence-corrected chi connectivity index (χ3v) is 8.25. The number of carbonyl (C=O) groups excluding carboxylic acids is 2. The number of methoxy groups -OCH3 is 1. The summed E-state index contributed by atoms with van der Waals surface area (Å²) >= 11 is 0. The number of halogens is 2. The second-order valence-electron chi connectivity index (χ2n) is 9.87. The third kappa shape index (κ3) is 4.88. The number of ether oxygens (including phenoxy) is 1. The van der Waals surface area contributed by atoms with Crippen molar-refractivity contribution in [1.29, 1.82) is 0 Å². The Labute approximate surface area is 209 Å². The lowest BCUT2D eigenvalue weighted by Gasteiger charge is -2.41. The zero-order valence-electron chi connectivity index (χ0n) is 20.5. The highest BCUT2D eigenvalue weighted by atomic mass is 32.3. The minimum atomic E-state index is -1.69. The smallest absolute Gasteiger partial charge is 0.306 e. The minimum Gasteiger partial charge on any atom is -0.481 e. The van der Waals surface area contributed by atoms with Crippen molar-refractivity contribution in [3.05, 3.63) is 47.2 Å². The summed E-state index contributed by atoms with van der Waals surface area (Å²) < 4.78 is 34.7. The lowest BCUT2D eigenvalue weighted by molar-refractivity contribution is -0.154. The van der Waals surface area contributed by atoms with Crippen LogP contribution in [0, 0.1) is 23.5 Å². The van der Waals surface area contributed by atoms with E-state index in [-0.39, 0.29) is 35.9 Å². The van der Waals surface area contributed by atoms with Crippen LogP contribution in [0.4, 0.5) is 14.5 Å². The van der Waals surface area contributed by atoms with Crippen LogP contribution in [0.2, 0.25) is 0 Å². The van der Waals surface area contributed by atoms with Crippen molar-refractivity contribution < 1.29 is 33.0 Å². The van der Waals surface area contributed by atoms with Crippen LogP contribution in [0.15, 0.2) is 29.2 Å². The molecule has 194 valence electrons. The van der Waals surface area contributed by atoms with Gasteiger partial charge < -0.3 is 20.1 Å². The molecule has 1 aromatic carbocycles. The van der Waals surface area contributed by atoms with Gasteiger partial charge in [-0.05, 0) is 49.8 Å². The Kier molecular flexibility index (Phi) is 6.96. The van der Waals surface area contributed by atoms with Gasteiger partial charge in [-0.1, -0.05) is 0 Å². The third-order valence-electron chi connectivity index (χ3n) is 6.63. The van der Waals surface area contributed by atoms with E-state index in [0.717, 1.165) is 12.1 Å². The SMILES string of the molecule is COc1ccc2c(n1)CCN(C(=O)[C@H]1C[C@@H](C(=O)O)C1)[C@H]2C(=O)Nc1cc(F)c(S(C)(C)C)c(F)c1. The molecular formula is C25H29F2N3O5S. The molecule has 2 heterocycles. The lowest BCUT2D eigenvalue weighted by atomic mass is 9.73. The summed E-state index contributed by atoms with van der Waals surface area (Å²) in [6.45, 7) is 0.188. The number of hydrogen-bond donors (Lipinski definition) is 2. The summed E-state index contributed by atoms with van der Waals surface area (Å²) in [7, 11) is -0.219. The summed E-state index contributed by atoms with van der Waals surface area (Å²) in [6, 6.07) is 4.30. The van der Waals surface area contributed by atoms with Gasteiger partial charge in [-0.3, -0.25) is 14.4 Å². The molecule has 2 amide bonds. The maximum atomic E-state index is 14.8. The molecule has 11 heteroatoms. The van der Waals surface area contributed by atoms with E-state index in [1.807, 2.05) is 0 Å². The quantitative estimate of drug-likeness (QED) is 0.602. The number of hydrogen-bond acceptors (Lipinski definition) is 5. The van der Waals surface area contributed by atoms with Crippen molar-refractivity contribution in [2.45, 2.75) is 30.2 Å². The van der Waals surface area contributed by atoms with Gasteiger partial charge in [0.25, 0.3) is 5.91 Å². The minimum absolute atomic E-state index is 0.00502. The Bertz CT molecular complexity index is 1200. The van der Waals surface area contributed by atoms with E-state index in [1.165, 1.54) is 12.0 Å². The molecule has 2 aromatic rings. The monoisotopic (exact) mass is 521 g/mol. The van der Waals surface area contributed by atoms with Gasteiger partial charge >= 0.3 is 5.97 Å². The second-order valence-corrected chi connectivity index (χ2v) is 14.0. The zero-order chi connectivity index (χ0) is 26.4. The fourth-order valence-corrected chi connectivity index (χ4v) is 6.07. The number of rotatable bonds is 6. The van der Waals surface area contributed by atoms with E-state index in [9.17, 15) is 28.3 Å². The number of carboxylic acid groups (broad SMARTS) is 1. The number of anilines is 1.